The molecule has 0 heterocycles. The third-order valence-electron chi connectivity index (χ3n) is 4.91. The number of nitrogens with zero attached hydrogens (tertiary/aromatic N) is 1. The monoisotopic (exact) mass is 489 g/mol. The van der Waals surface area contributed by atoms with Crippen LogP contribution in [0.2, 0.25) is 0 Å². The van der Waals surface area contributed by atoms with E-state index in [9.17, 15) is 24.0 Å². The molecule has 0 saturated heterocycles. The van der Waals surface area contributed by atoms with Gasteiger partial charge in [0.15, 0.2) is 5.96 Å². The third kappa shape index (κ3) is 11.4. The molecular weight excluding hydrogens is 454 g/mol. The molecule has 5 unspecified atom stereocenters. The van der Waals surface area contributed by atoms with Gasteiger partial charge in [0.05, 0.1) is 19.1 Å². The molecule has 15 nitrogen and oxygen atoms in total. The quantitative estimate of drug-likeness (QED) is 0.0580. The molecule has 0 spiro atoms. The lowest BCUT2D eigenvalue weighted by molar-refractivity contribution is -0.144. The van der Waals surface area contributed by atoms with E-state index in [2.05, 4.69) is 20.9 Å². The van der Waals surface area contributed by atoms with E-state index in [1.807, 2.05) is 0 Å². The summed E-state index contributed by atoms with van der Waals surface area (Å²) in [5, 5.41) is 34.0. The lowest BCUT2D eigenvalue weighted by Crippen LogP contribution is -2.59. The molecule has 5 atom stereocenters. The number of carboxylic acids is 2. The van der Waals surface area contributed by atoms with Crippen molar-refractivity contribution in [1.82, 2.24) is 16.0 Å². The molecule has 194 valence electrons. The van der Waals surface area contributed by atoms with Crippen molar-refractivity contribution in [1.29, 1.82) is 0 Å². The topological polar surface area (TPSA) is 273 Å². The zero-order valence-corrected chi connectivity index (χ0v) is 19.2. The first-order valence-corrected chi connectivity index (χ1v) is 10.6. The van der Waals surface area contributed by atoms with Gasteiger partial charge in [0.2, 0.25) is 17.7 Å². The Kier molecular flexibility index (Phi) is 13.8. The summed E-state index contributed by atoms with van der Waals surface area (Å²) in [5.41, 5.74) is 16.2. The largest absolute Gasteiger partial charge is 0.481 e. The van der Waals surface area contributed by atoms with Gasteiger partial charge < -0.3 is 48.5 Å². The van der Waals surface area contributed by atoms with E-state index in [0.29, 0.717) is 12.8 Å². The first kappa shape index (κ1) is 30.5. The van der Waals surface area contributed by atoms with Crippen molar-refractivity contribution in [2.45, 2.75) is 63.7 Å². The van der Waals surface area contributed by atoms with Gasteiger partial charge in [-0.2, -0.15) is 0 Å². The number of guanidine groups is 1. The number of aliphatic carboxylic acids is 2. The van der Waals surface area contributed by atoms with E-state index in [-0.39, 0.29) is 18.9 Å². The van der Waals surface area contributed by atoms with Crippen LogP contribution in [0.4, 0.5) is 0 Å². The second-order valence-corrected chi connectivity index (χ2v) is 7.67. The SMILES string of the molecule is CCC(C)C(NC(=O)C(CC(=O)O)NC(=O)C(N)CCCN=C(N)N)C(=O)NC(CO)C(=O)O. The van der Waals surface area contributed by atoms with E-state index in [4.69, 9.17) is 32.5 Å². The van der Waals surface area contributed by atoms with Crippen LogP contribution in [-0.2, 0) is 24.0 Å². The fourth-order valence-corrected chi connectivity index (χ4v) is 2.72. The minimum atomic E-state index is -1.59. The number of aliphatic imine (C=N–C) groups is 1. The summed E-state index contributed by atoms with van der Waals surface area (Å²) in [5.74, 6) is -6.13. The number of carboxylic acid groups (broad SMARTS) is 2. The fraction of sp³-hybridized carbons (Fsp3) is 0.684. The zero-order valence-electron chi connectivity index (χ0n) is 19.2. The molecule has 0 bridgehead atoms. The average molecular weight is 490 g/mol. The molecule has 12 N–H and O–H groups in total. The molecule has 0 aliphatic rings. The van der Waals surface area contributed by atoms with Gasteiger partial charge >= 0.3 is 11.9 Å². The molecule has 34 heavy (non-hydrogen) atoms. The summed E-state index contributed by atoms with van der Waals surface area (Å²) in [4.78, 5) is 63.8. The van der Waals surface area contributed by atoms with Crippen molar-refractivity contribution in [3.05, 3.63) is 0 Å². The van der Waals surface area contributed by atoms with Crippen molar-refractivity contribution in [2.75, 3.05) is 13.2 Å². The lowest BCUT2D eigenvalue weighted by atomic mass is 9.97. The van der Waals surface area contributed by atoms with Gasteiger partial charge in [-0.3, -0.25) is 24.2 Å². The van der Waals surface area contributed by atoms with Crippen LogP contribution < -0.4 is 33.2 Å². The number of nitrogens with one attached hydrogen (secondary N) is 3. The Morgan fingerprint density at radius 1 is 0.941 bits per heavy atom. The smallest absolute Gasteiger partial charge is 0.328 e. The van der Waals surface area contributed by atoms with E-state index < -0.39 is 72.8 Å². The highest BCUT2D eigenvalue weighted by atomic mass is 16.4. The molecule has 0 aliphatic heterocycles. The third-order valence-corrected chi connectivity index (χ3v) is 4.91. The first-order chi connectivity index (χ1) is 15.8. The Morgan fingerprint density at radius 2 is 1.53 bits per heavy atom. The predicted molar refractivity (Wildman–Crippen MR) is 120 cm³/mol. The second-order valence-electron chi connectivity index (χ2n) is 7.67. The number of hydrogen-bond donors (Lipinski definition) is 9. The lowest BCUT2D eigenvalue weighted by Gasteiger charge is -2.27. The number of nitrogens with two attached hydrogens (primary N) is 3. The van der Waals surface area contributed by atoms with Gasteiger partial charge in [-0.15, -0.1) is 0 Å². The highest BCUT2D eigenvalue weighted by molar-refractivity contribution is 5.95. The number of carbonyl (C=O) groups is 5. The van der Waals surface area contributed by atoms with Crippen molar-refractivity contribution in [3.63, 3.8) is 0 Å². The van der Waals surface area contributed by atoms with Crippen LogP contribution in [0.25, 0.3) is 0 Å². The summed E-state index contributed by atoms with van der Waals surface area (Å²) in [6, 6.07) is -5.48. The Hall–Kier alpha value is -3.46. The van der Waals surface area contributed by atoms with Gasteiger partial charge in [-0.25, -0.2) is 4.79 Å². The molecule has 0 aromatic rings. The number of amides is 3. The Morgan fingerprint density at radius 3 is 2.00 bits per heavy atom. The molecule has 0 rings (SSSR count). The molecule has 0 fully saturated rings. The Balaban J connectivity index is 5.37. The zero-order chi connectivity index (χ0) is 26.4. The average Bonchev–Trinajstić information content (AvgIpc) is 2.76. The molecular formula is C19H35N7O8. The van der Waals surface area contributed by atoms with E-state index in [1.54, 1.807) is 13.8 Å². The van der Waals surface area contributed by atoms with Crippen LogP contribution in [0, 0.1) is 5.92 Å². The van der Waals surface area contributed by atoms with Crippen LogP contribution in [0.5, 0.6) is 0 Å². The van der Waals surface area contributed by atoms with Crippen molar-refractivity contribution in [3.8, 4) is 0 Å². The number of hydrogen-bond acceptors (Lipinski definition) is 8. The van der Waals surface area contributed by atoms with Crippen molar-refractivity contribution in [2.24, 2.45) is 28.1 Å². The van der Waals surface area contributed by atoms with Crippen molar-refractivity contribution < 1.29 is 39.3 Å². The first-order valence-electron chi connectivity index (χ1n) is 10.6. The van der Waals surface area contributed by atoms with Gasteiger partial charge in [-0.05, 0) is 18.8 Å². The molecule has 0 aromatic carbocycles. The normalized spacial score (nSPS) is 15.1. The number of aliphatic hydroxyl groups is 1. The summed E-state index contributed by atoms with van der Waals surface area (Å²) < 4.78 is 0. The molecule has 3 amide bonds. The maximum Gasteiger partial charge on any atom is 0.328 e. The maximum absolute atomic E-state index is 12.8. The van der Waals surface area contributed by atoms with Gasteiger partial charge in [-0.1, -0.05) is 20.3 Å². The Bertz CT molecular complexity index is 757. The summed E-state index contributed by atoms with van der Waals surface area (Å²) in [6.45, 7) is 2.67. The number of carbonyl (C=O) groups excluding carboxylic acids is 3. The van der Waals surface area contributed by atoms with E-state index in [0.717, 1.165) is 0 Å². The minimum Gasteiger partial charge on any atom is -0.481 e. The van der Waals surface area contributed by atoms with E-state index in [1.165, 1.54) is 0 Å². The van der Waals surface area contributed by atoms with Gasteiger partial charge in [0.25, 0.3) is 0 Å². The predicted octanol–water partition coefficient (Wildman–Crippen LogP) is -3.58. The van der Waals surface area contributed by atoms with Crippen molar-refractivity contribution >= 4 is 35.6 Å². The number of rotatable bonds is 16. The summed E-state index contributed by atoms with van der Waals surface area (Å²) in [7, 11) is 0. The second kappa shape index (κ2) is 15.4. The van der Waals surface area contributed by atoms with Crippen LogP contribution in [0.15, 0.2) is 4.99 Å². The van der Waals surface area contributed by atoms with E-state index >= 15 is 0 Å². The molecule has 0 aliphatic carbocycles. The molecule has 15 heteroatoms. The van der Waals surface area contributed by atoms with Crippen LogP contribution in [0.3, 0.4) is 0 Å². The maximum atomic E-state index is 12.8. The highest BCUT2D eigenvalue weighted by Gasteiger charge is 2.33. The van der Waals surface area contributed by atoms with Crippen LogP contribution in [0.1, 0.15) is 39.5 Å². The standard InChI is InChI=1S/C19H35N7O8/c1-3-9(2)14(17(32)25-12(8-27)18(33)34)26-16(31)11(7-13(28)29)24-15(30)10(20)5-4-6-23-19(21)22/h9-12,14,27H,3-8,20H2,1-2H3,(H,24,30)(H,25,32)(H,26,31)(H,28,29)(H,33,34)(H4,21,22,23). The minimum absolute atomic E-state index is 0.121. The van der Waals surface area contributed by atoms with Gasteiger partial charge in [0.1, 0.15) is 18.1 Å². The van der Waals surface area contributed by atoms with Gasteiger partial charge in [0, 0.05) is 6.54 Å². The highest BCUT2D eigenvalue weighted by Crippen LogP contribution is 2.10. The van der Waals surface area contributed by atoms with Crippen LogP contribution >= 0.6 is 0 Å². The Labute approximate surface area is 196 Å². The molecule has 0 radical (unpaired) electrons. The fourth-order valence-electron chi connectivity index (χ4n) is 2.72. The summed E-state index contributed by atoms with van der Waals surface area (Å²) >= 11 is 0. The summed E-state index contributed by atoms with van der Waals surface area (Å²) in [6.07, 6.45) is 0.112. The van der Waals surface area contributed by atoms with Crippen LogP contribution in [-0.4, -0.2) is 88.3 Å². The number of aliphatic hydroxyl groups excluding tert-OH is 1. The molecule has 0 aromatic heterocycles. The molecule has 0 saturated carbocycles.